The number of rotatable bonds is 12. The molecule has 39 heavy (non-hydrogen) atoms. The first-order valence-corrected chi connectivity index (χ1v) is 15.2. The van der Waals surface area contributed by atoms with Crippen molar-refractivity contribution in [3.63, 3.8) is 0 Å². The predicted molar refractivity (Wildman–Crippen MR) is 155 cm³/mol. The van der Waals surface area contributed by atoms with E-state index in [1.807, 2.05) is 44.2 Å². The Morgan fingerprint density at radius 3 is 2.26 bits per heavy atom. The molecule has 0 spiro atoms. The third kappa shape index (κ3) is 8.63. The second-order valence-electron chi connectivity index (χ2n) is 9.35. The third-order valence-corrected chi connectivity index (χ3v) is 8.23. The number of carbonyl (C=O) groups is 2. The summed E-state index contributed by atoms with van der Waals surface area (Å²) in [6.07, 6.45) is 1.97. The van der Waals surface area contributed by atoms with Gasteiger partial charge in [-0.15, -0.1) is 0 Å². The Hall–Kier alpha value is -3.24. The van der Waals surface area contributed by atoms with Crippen molar-refractivity contribution in [1.82, 2.24) is 10.2 Å². The molecule has 3 rings (SSSR count). The topological polar surface area (TPSA) is 86.8 Å². The second-order valence-corrected chi connectivity index (χ2v) is 12.1. The van der Waals surface area contributed by atoms with Gasteiger partial charge in [0, 0.05) is 24.0 Å². The van der Waals surface area contributed by atoms with Crippen molar-refractivity contribution in [2.45, 2.75) is 39.3 Å². The van der Waals surface area contributed by atoms with E-state index in [4.69, 9.17) is 0 Å². The first kappa shape index (κ1) is 30.3. The molecule has 0 aliphatic heterocycles. The summed E-state index contributed by atoms with van der Waals surface area (Å²) >= 11 is 3.42. The molecule has 2 amide bonds. The first-order valence-electron chi connectivity index (χ1n) is 12.6. The second kappa shape index (κ2) is 13.7. The molecule has 0 aliphatic rings. The molecule has 3 aromatic rings. The molecule has 0 saturated carbocycles. The highest BCUT2D eigenvalue weighted by Gasteiger charge is 2.33. The van der Waals surface area contributed by atoms with E-state index in [0.29, 0.717) is 24.2 Å². The molecule has 0 heterocycles. The quantitative estimate of drug-likeness (QED) is 0.315. The summed E-state index contributed by atoms with van der Waals surface area (Å²) in [6.45, 7) is 3.67. The fourth-order valence-corrected chi connectivity index (χ4v) is 5.19. The summed E-state index contributed by atoms with van der Waals surface area (Å²) in [5, 5.41) is 2.88. The minimum atomic E-state index is -3.85. The van der Waals surface area contributed by atoms with Crippen LogP contribution in [0.3, 0.4) is 0 Å². The lowest BCUT2D eigenvalue weighted by atomic mass is 10.0. The van der Waals surface area contributed by atoms with Crippen molar-refractivity contribution in [2.75, 3.05) is 23.7 Å². The van der Waals surface area contributed by atoms with E-state index in [2.05, 4.69) is 21.2 Å². The number of carbonyl (C=O) groups excluding carboxylic acids is 2. The molecule has 0 fully saturated rings. The molecule has 0 radical (unpaired) electrons. The van der Waals surface area contributed by atoms with Crippen LogP contribution in [0.25, 0.3) is 0 Å². The highest BCUT2D eigenvalue weighted by Crippen LogP contribution is 2.25. The normalized spacial score (nSPS) is 12.0. The number of sulfonamides is 1. The maximum atomic E-state index is 14.0. The number of benzene rings is 3. The molecule has 0 aromatic heterocycles. The van der Waals surface area contributed by atoms with Gasteiger partial charge in [0.25, 0.3) is 0 Å². The molecular weight excluding hydrogens is 585 g/mol. The van der Waals surface area contributed by atoms with Gasteiger partial charge in [-0.2, -0.15) is 0 Å². The van der Waals surface area contributed by atoms with Gasteiger partial charge in [-0.3, -0.25) is 13.9 Å². The number of hydrogen-bond donors (Lipinski definition) is 1. The van der Waals surface area contributed by atoms with Crippen LogP contribution in [0.15, 0.2) is 77.3 Å². The highest BCUT2D eigenvalue weighted by molar-refractivity contribution is 9.10. The van der Waals surface area contributed by atoms with E-state index in [0.717, 1.165) is 26.2 Å². The van der Waals surface area contributed by atoms with Gasteiger partial charge in [0.1, 0.15) is 18.4 Å². The Bertz CT molecular complexity index is 1390. The number of anilines is 1. The molecule has 0 saturated heterocycles. The first-order chi connectivity index (χ1) is 18.5. The van der Waals surface area contributed by atoms with E-state index < -0.39 is 34.3 Å². The Morgan fingerprint density at radius 1 is 1.00 bits per heavy atom. The Balaban J connectivity index is 2.04. The van der Waals surface area contributed by atoms with Crippen LogP contribution in [0.1, 0.15) is 30.0 Å². The number of halogens is 2. The minimum absolute atomic E-state index is 0.00682. The van der Waals surface area contributed by atoms with Crippen LogP contribution in [0.2, 0.25) is 0 Å². The summed E-state index contributed by atoms with van der Waals surface area (Å²) in [6, 6.07) is 19.1. The van der Waals surface area contributed by atoms with Gasteiger partial charge in [-0.1, -0.05) is 65.3 Å². The average Bonchev–Trinajstić information content (AvgIpc) is 2.90. The zero-order valence-electron chi connectivity index (χ0n) is 22.2. The summed E-state index contributed by atoms with van der Waals surface area (Å²) in [5.41, 5.74) is 2.59. The van der Waals surface area contributed by atoms with Crippen molar-refractivity contribution in [1.29, 1.82) is 0 Å². The van der Waals surface area contributed by atoms with Crippen LogP contribution in [0.5, 0.6) is 0 Å². The van der Waals surface area contributed by atoms with Gasteiger partial charge in [0.15, 0.2) is 0 Å². The third-order valence-electron chi connectivity index (χ3n) is 6.20. The van der Waals surface area contributed by atoms with Gasteiger partial charge in [-0.05, 0) is 60.4 Å². The standard InChI is InChI=1S/C29H33BrFN3O4S/c1-4-16-32-29(36)27(18-22-8-6-5-7-9-22)33(19-23-10-12-24(31)13-11-23)28(35)20-34(39(3,37)38)25-14-15-26(30)21(2)17-25/h5-15,17,27H,4,16,18-20H2,1-3H3,(H,32,36)/t27-/m0/s1. The maximum Gasteiger partial charge on any atom is 0.244 e. The Kier molecular flexibility index (Phi) is 10.7. The Morgan fingerprint density at radius 2 is 1.67 bits per heavy atom. The van der Waals surface area contributed by atoms with Gasteiger partial charge in [-0.25, -0.2) is 12.8 Å². The molecular formula is C29H33BrFN3O4S. The van der Waals surface area contributed by atoms with Crippen LogP contribution in [0.4, 0.5) is 10.1 Å². The van der Waals surface area contributed by atoms with Gasteiger partial charge in [0.05, 0.1) is 11.9 Å². The number of nitrogens with one attached hydrogen (secondary N) is 1. The monoisotopic (exact) mass is 617 g/mol. The maximum absolute atomic E-state index is 14.0. The van der Waals surface area contributed by atoms with Crippen molar-refractivity contribution in [3.8, 4) is 0 Å². The number of amides is 2. The summed E-state index contributed by atoms with van der Waals surface area (Å²) in [5.74, 6) is -1.33. The molecule has 0 aliphatic carbocycles. The van der Waals surface area contributed by atoms with Crippen LogP contribution >= 0.6 is 15.9 Å². The minimum Gasteiger partial charge on any atom is -0.354 e. The molecule has 1 N–H and O–H groups in total. The van der Waals surface area contributed by atoms with Crippen molar-refractivity contribution in [3.05, 3.63) is 99.8 Å². The van der Waals surface area contributed by atoms with Crippen LogP contribution in [0, 0.1) is 12.7 Å². The molecule has 0 unspecified atom stereocenters. The fourth-order valence-electron chi connectivity index (χ4n) is 4.10. The van der Waals surface area contributed by atoms with Crippen LogP contribution in [-0.2, 0) is 32.6 Å². The van der Waals surface area contributed by atoms with Gasteiger partial charge in [0.2, 0.25) is 21.8 Å². The van der Waals surface area contributed by atoms with Crippen molar-refractivity contribution in [2.24, 2.45) is 0 Å². The molecule has 0 bridgehead atoms. The molecule has 1 atom stereocenters. The highest BCUT2D eigenvalue weighted by atomic mass is 79.9. The molecule has 10 heteroatoms. The largest absolute Gasteiger partial charge is 0.354 e. The van der Waals surface area contributed by atoms with E-state index in [1.54, 1.807) is 30.3 Å². The number of aryl methyl sites for hydroxylation is 1. The predicted octanol–water partition coefficient (Wildman–Crippen LogP) is 4.83. The van der Waals surface area contributed by atoms with E-state index in [1.165, 1.54) is 17.0 Å². The average molecular weight is 619 g/mol. The molecule has 7 nitrogen and oxygen atoms in total. The lowest BCUT2D eigenvalue weighted by Gasteiger charge is -2.33. The zero-order valence-corrected chi connectivity index (χ0v) is 24.6. The van der Waals surface area contributed by atoms with Crippen molar-refractivity contribution < 1.29 is 22.4 Å². The fraction of sp³-hybridized carbons (Fsp3) is 0.310. The molecule has 3 aromatic carbocycles. The SMILES string of the molecule is CCCNC(=O)[C@H](Cc1ccccc1)N(Cc1ccc(F)cc1)C(=O)CN(c1ccc(Br)c(C)c1)S(C)(=O)=O. The summed E-state index contributed by atoms with van der Waals surface area (Å²) < 4.78 is 41.2. The van der Waals surface area contributed by atoms with Gasteiger partial charge >= 0.3 is 0 Å². The summed E-state index contributed by atoms with van der Waals surface area (Å²) in [4.78, 5) is 28.8. The van der Waals surface area contributed by atoms with E-state index >= 15 is 0 Å². The van der Waals surface area contributed by atoms with Crippen LogP contribution in [-0.4, -0.2) is 50.5 Å². The number of hydrogen-bond acceptors (Lipinski definition) is 4. The van der Waals surface area contributed by atoms with E-state index in [-0.39, 0.29) is 18.9 Å². The summed E-state index contributed by atoms with van der Waals surface area (Å²) in [7, 11) is -3.85. The van der Waals surface area contributed by atoms with Crippen LogP contribution < -0.4 is 9.62 Å². The zero-order chi connectivity index (χ0) is 28.6. The lowest BCUT2D eigenvalue weighted by molar-refractivity contribution is -0.140. The number of nitrogens with zero attached hydrogens (tertiary/aromatic N) is 2. The van der Waals surface area contributed by atoms with Crippen molar-refractivity contribution >= 4 is 43.5 Å². The van der Waals surface area contributed by atoms with E-state index in [9.17, 15) is 22.4 Å². The molecule has 208 valence electrons. The Labute approximate surface area is 238 Å². The lowest BCUT2D eigenvalue weighted by Crippen LogP contribution is -2.53. The van der Waals surface area contributed by atoms with Gasteiger partial charge < -0.3 is 10.2 Å². The smallest absolute Gasteiger partial charge is 0.244 e.